The minimum absolute atomic E-state index is 0. The maximum atomic E-state index is 13.0. The summed E-state index contributed by atoms with van der Waals surface area (Å²) in [6.45, 7) is 2.49. The van der Waals surface area contributed by atoms with Crippen molar-refractivity contribution in [1.29, 1.82) is 0 Å². The molecule has 0 aromatic heterocycles. The van der Waals surface area contributed by atoms with E-state index in [0.29, 0.717) is 17.8 Å². The summed E-state index contributed by atoms with van der Waals surface area (Å²) in [5.74, 6) is -0.345. The van der Waals surface area contributed by atoms with Gasteiger partial charge in [0.2, 0.25) is 5.91 Å². The van der Waals surface area contributed by atoms with Crippen LogP contribution in [-0.4, -0.2) is 18.4 Å². The van der Waals surface area contributed by atoms with Crippen molar-refractivity contribution < 1.29 is 14.0 Å². The lowest BCUT2D eigenvalue weighted by Crippen LogP contribution is -2.36. The third kappa shape index (κ3) is 5.78. The van der Waals surface area contributed by atoms with Crippen LogP contribution in [0.4, 0.5) is 10.1 Å². The quantitative estimate of drug-likeness (QED) is 0.660. The zero-order valence-electron chi connectivity index (χ0n) is 16.4. The maximum absolute atomic E-state index is 13.0. The highest BCUT2D eigenvalue weighted by molar-refractivity contribution is 6.04. The third-order valence-corrected chi connectivity index (χ3v) is 5.43. The number of rotatable bonds is 6. The van der Waals surface area contributed by atoms with Crippen LogP contribution in [0, 0.1) is 17.7 Å². The molecule has 4 N–H and O–H groups in total. The van der Waals surface area contributed by atoms with Gasteiger partial charge in [0.05, 0.1) is 6.04 Å². The fourth-order valence-corrected chi connectivity index (χ4v) is 3.73. The molecule has 2 amide bonds. The number of halogens is 2. The molecule has 0 spiro atoms. The first-order chi connectivity index (χ1) is 13.5. The Labute approximate surface area is 176 Å². The Bertz CT molecular complexity index is 827. The number of amides is 2. The van der Waals surface area contributed by atoms with Gasteiger partial charge in [-0.25, -0.2) is 4.39 Å². The van der Waals surface area contributed by atoms with E-state index in [0.717, 1.165) is 24.8 Å². The molecule has 1 aliphatic rings. The Hall–Kier alpha value is -2.44. The largest absolute Gasteiger partial charge is 0.349 e. The van der Waals surface area contributed by atoms with Crippen molar-refractivity contribution in [3.8, 4) is 0 Å². The second-order valence-corrected chi connectivity index (χ2v) is 7.35. The molecule has 7 heteroatoms. The molecule has 156 valence electrons. The number of carbonyl (C=O) groups excluding carboxylic acids is 2. The molecule has 2 aromatic carbocycles. The average Bonchev–Trinajstić information content (AvgIpc) is 3.18. The first kappa shape index (κ1) is 22.8. The zero-order chi connectivity index (χ0) is 20.1. The number of carbonyl (C=O) groups is 2. The number of hydrogen-bond acceptors (Lipinski definition) is 3. The lowest BCUT2D eigenvalue weighted by molar-refractivity contribution is -0.126. The minimum atomic E-state index is -0.382. The summed E-state index contributed by atoms with van der Waals surface area (Å²) in [5.41, 5.74) is 7.75. The van der Waals surface area contributed by atoms with Crippen molar-refractivity contribution >= 4 is 29.9 Å². The molecule has 3 atom stereocenters. The molecule has 3 rings (SSSR count). The van der Waals surface area contributed by atoms with Gasteiger partial charge in [0.1, 0.15) is 5.82 Å². The molecule has 1 saturated carbocycles. The summed E-state index contributed by atoms with van der Waals surface area (Å²) in [5, 5.41) is 5.86. The Kier molecular flexibility index (Phi) is 8.17. The van der Waals surface area contributed by atoms with E-state index in [1.165, 1.54) is 24.3 Å². The summed E-state index contributed by atoms with van der Waals surface area (Å²) in [7, 11) is 0. The van der Waals surface area contributed by atoms with E-state index < -0.39 is 0 Å². The molecule has 2 aromatic rings. The molecule has 29 heavy (non-hydrogen) atoms. The van der Waals surface area contributed by atoms with Crippen molar-refractivity contribution in [1.82, 2.24) is 5.32 Å². The van der Waals surface area contributed by atoms with Crippen LogP contribution in [0.2, 0.25) is 0 Å². The molecule has 1 fully saturated rings. The second kappa shape index (κ2) is 10.4. The first-order valence-corrected chi connectivity index (χ1v) is 9.65. The van der Waals surface area contributed by atoms with Gasteiger partial charge in [0, 0.05) is 17.2 Å². The Morgan fingerprint density at radius 2 is 1.76 bits per heavy atom. The van der Waals surface area contributed by atoms with Gasteiger partial charge in [-0.3, -0.25) is 9.59 Å². The van der Waals surface area contributed by atoms with Crippen molar-refractivity contribution in [3.05, 3.63) is 65.5 Å². The van der Waals surface area contributed by atoms with E-state index in [1.807, 2.05) is 19.1 Å². The van der Waals surface area contributed by atoms with Gasteiger partial charge in [0.15, 0.2) is 0 Å². The fourth-order valence-electron chi connectivity index (χ4n) is 3.73. The highest BCUT2D eigenvalue weighted by atomic mass is 35.5. The molecule has 1 unspecified atom stereocenters. The molecule has 0 radical (unpaired) electrons. The highest BCUT2D eigenvalue weighted by Crippen LogP contribution is 2.31. The molecule has 0 aliphatic heterocycles. The second-order valence-electron chi connectivity index (χ2n) is 7.35. The van der Waals surface area contributed by atoms with Crippen molar-refractivity contribution in [2.24, 2.45) is 17.6 Å². The Morgan fingerprint density at radius 3 is 2.38 bits per heavy atom. The van der Waals surface area contributed by atoms with Crippen LogP contribution in [-0.2, 0) is 4.79 Å². The molecule has 0 saturated heterocycles. The van der Waals surface area contributed by atoms with E-state index in [2.05, 4.69) is 10.6 Å². The van der Waals surface area contributed by atoms with Crippen LogP contribution in [0.3, 0.4) is 0 Å². The summed E-state index contributed by atoms with van der Waals surface area (Å²) in [4.78, 5) is 24.7. The first-order valence-electron chi connectivity index (χ1n) is 9.65. The maximum Gasteiger partial charge on any atom is 0.255 e. The van der Waals surface area contributed by atoms with E-state index in [9.17, 15) is 14.0 Å². The predicted molar refractivity (Wildman–Crippen MR) is 114 cm³/mol. The zero-order valence-corrected chi connectivity index (χ0v) is 17.2. The van der Waals surface area contributed by atoms with Crippen LogP contribution in [0.15, 0.2) is 48.5 Å². The Morgan fingerprint density at radius 1 is 1.10 bits per heavy atom. The standard InChI is InChI=1S/C22H26FN3O2.ClH/c1-14(25-22(28)20-4-2-3-17(20)13-24)15-7-11-19(12-8-15)26-21(27)16-5-9-18(23)10-6-16;/h5-12,14,17,20H,2-4,13,24H2,1H3,(H,25,28)(H,26,27);1H/t14?,17-,20-;/m1./s1. The SMILES string of the molecule is CC(NC(=O)[C@@H]1CCC[C@@H]1CN)c1ccc(NC(=O)c2ccc(F)cc2)cc1.Cl. The number of nitrogens with one attached hydrogen (secondary N) is 2. The summed E-state index contributed by atoms with van der Waals surface area (Å²) in [6.07, 6.45) is 2.97. The number of anilines is 1. The fraction of sp³-hybridized carbons (Fsp3) is 0.364. The van der Waals surface area contributed by atoms with Gasteiger partial charge in [-0.1, -0.05) is 18.6 Å². The topological polar surface area (TPSA) is 84.2 Å². The van der Waals surface area contributed by atoms with E-state index in [1.54, 1.807) is 12.1 Å². The van der Waals surface area contributed by atoms with Gasteiger partial charge in [-0.15, -0.1) is 12.4 Å². The number of nitrogens with two attached hydrogens (primary N) is 1. The molecule has 0 bridgehead atoms. The van der Waals surface area contributed by atoms with Crippen LogP contribution >= 0.6 is 12.4 Å². The third-order valence-electron chi connectivity index (χ3n) is 5.43. The molecule has 1 aliphatic carbocycles. The van der Waals surface area contributed by atoms with Crippen molar-refractivity contribution in [3.63, 3.8) is 0 Å². The Balaban J connectivity index is 0.00000300. The predicted octanol–water partition coefficient (Wildman–Crippen LogP) is 4.05. The van der Waals surface area contributed by atoms with Gasteiger partial charge in [-0.2, -0.15) is 0 Å². The number of hydrogen-bond donors (Lipinski definition) is 3. The van der Waals surface area contributed by atoms with E-state index >= 15 is 0 Å². The molecule has 0 heterocycles. The lowest BCUT2D eigenvalue weighted by Gasteiger charge is -2.21. The lowest BCUT2D eigenvalue weighted by atomic mass is 9.94. The minimum Gasteiger partial charge on any atom is -0.349 e. The average molecular weight is 420 g/mol. The van der Waals surface area contributed by atoms with Gasteiger partial charge in [0.25, 0.3) is 5.91 Å². The summed E-state index contributed by atoms with van der Waals surface area (Å²) >= 11 is 0. The monoisotopic (exact) mass is 419 g/mol. The summed E-state index contributed by atoms with van der Waals surface area (Å²) in [6, 6.07) is 12.6. The van der Waals surface area contributed by atoms with Crippen LogP contribution < -0.4 is 16.4 Å². The van der Waals surface area contributed by atoms with Crippen molar-refractivity contribution in [2.45, 2.75) is 32.2 Å². The van der Waals surface area contributed by atoms with Crippen LogP contribution in [0.1, 0.15) is 48.1 Å². The summed E-state index contributed by atoms with van der Waals surface area (Å²) < 4.78 is 13.0. The van der Waals surface area contributed by atoms with Gasteiger partial charge < -0.3 is 16.4 Å². The number of benzene rings is 2. The molecular formula is C22H27ClFN3O2. The van der Waals surface area contributed by atoms with Crippen LogP contribution in [0.5, 0.6) is 0 Å². The molecular weight excluding hydrogens is 393 g/mol. The normalized spacial score (nSPS) is 19.1. The van der Waals surface area contributed by atoms with E-state index in [4.69, 9.17) is 5.73 Å². The van der Waals surface area contributed by atoms with Gasteiger partial charge >= 0.3 is 0 Å². The van der Waals surface area contributed by atoms with Gasteiger partial charge in [-0.05, 0) is 74.2 Å². The highest BCUT2D eigenvalue weighted by Gasteiger charge is 2.32. The molecule has 5 nitrogen and oxygen atoms in total. The van der Waals surface area contributed by atoms with E-state index in [-0.39, 0.29) is 47.9 Å². The van der Waals surface area contributed by atoms with Crippen LogP contribution in [0.25, 0.3) is 0 Å². The smallest absolute Gasteiger partial charge is 0.255 e. The van der Waals surface area contributed by atoms with Crippen molar-refractivity contribution in [2.75, 3.05) is 11.9 Å².